The van der Waals surface area contributed by atoms with Crippen LogP contribution in [0.15, 0.2) is 12.1 Å². The Morgan fingerprint density at radius 1 is 1.31 bits per heavy atom. The number of nitrogens with zero attached hydrogens (tertiary/aromatic N) is 2. The quantitative estimate of drug-likeness (QED) is 0.489. The third-order valence-electron chi connectivity index (χ3n) is 7.38. The minimum Gasteiger partial charge on any atom is -0.381 e. The second-order valence-electron chi connectivity index (χ2n) is 9.89. The van der Waals surface area contributed by atoms with Gasteiger partial charge in [-0.25, -0.2) is 0 Å². The summed E-state index contributed by atoms with van der Waals surface area (Å²) in [5, 5.41) is 7.79. The van der Waals surface area contributed by atoms with Crippen molar-refractivity contribution < 1.29 is 23.6 Å². The van der Waals surface area contributed by atoms with Crippen molar-refractivity contribution in [2.45, 2.75) is 52.9 Å². The van der Waals surface area contributed by atoms with Crippen molar-refractivity contribution in [2.75, 3.05) is 13.2 Å². The summed E-state index contributed by atoms with van der Waals surface area (Å²) in [5.41, 5.74) is 7.35. The molecule has 2 fully saturated rings. The van der Waals surface area contributed by atoms with Crippen LogP contribution in [0.3, 0.4) is 0 Å². The van der Waals surface area contributed by atoms with Crippen molar-refractivity contribution in [2.24, 2.45) is 23.2 Å². The van der Waals surface area contributed by atoms with Crippen molar-refractivity contribution in [1.29, 1.82) is 0 Å². The number of hydrogen-bond donors (Lipinski definition) is 2. The molecule has 168 valence electrons. The number of imidazole rings is 1. The van der Waals surface area contributed by atoms with Gasteiger partial charge in [0.05, 0.1) is 0 Å². The van der Waals surface area contributed by atoms with E-state index in [0.29, 0.717) is 11.3 Å². The number of fused-ring (bicyclic) bond motifs is 3. The number of benzene rings is 1. The molecule has 3 heterocycles. The van der Waals surface area contributed by atoms with E-state index in [9.17, 15) is 0 Å². The Kier molecular flexibility index (Phi) is 7.65. The summed E-state index contributed by atoms with van der Waals surface area (Å²) in [6.07, 6.45) is 6.05. The average molecular weight is 427 g/mol. The van der Waals surface area contributed by atoms with Gasteiger partial charge < -0.3 is 24.1 Å². The number of aromatic amines is 2. The van der Waals surface area contributed by atoms with Gasteiger partial charge in [-0.3, -0.25) is 10.1 Å². The number of rotatable bonds is 2. The van der Waals surface area contributed by atoms with Crippen LogP contribution < -0.4 is 18.9 Å². The van der Waals surface area contributed by atoms with Crippen LogP contribution in [0.4, 0.5) is 0 Å². The Morgan fingerprint density at radius 2 is 2.06 bits per heavy atom. The zero-order valence-electron chi connectivity index (χ0n) is 20.3. The van der Waals surface area contributed by atoms with E-state index in [2.05, 4.69) is 48.1 Å². The predicted molar refractivity (Wildman–Crippen MR) is 125 cm³/mol. The van der Waals surface area contributed by atoms with Gasteiger partial charge >= 0.3 is 18.9 Å². The number of nitrogens with one attached hydrogen (secondary N) is 2. The molecule has 32 heavy (non-hydrogen) atoms. The predicted octanol–water partition coefficient (Wildman–Crippen LogP) is 2.52. The zero-order valence-corrected chi connectivity index (χ0v) is 20.3. The summed E-state index contributed by atoms with van der Waals surface area (Å²) < 4.78 is 5.22. The van der Waals surface area contributed by atoms with Crippen LogP contribution in [-0.4, -0.2) is 33.4 Å². The van der Waals surface area contributed by atoms with E-state index in [0.717, 1.165) is 66.0 Å². The molecule has 1 saturated carbocycles. The maximum Gasteiger partial charge on any atom is 1.00 e. The SMILES string of the molecule is Cc1[c-]cc2nc(-c3n[nH]c4c3C[C@@H]3C[C@]3(C)C4)[nH]c2c1.[CH2-]C(C)C1CCOCC1.[CH3-].[Li+]. The number of hydrogen-bond acceptors (Lipinski definition) is 3. The number of ether oxygens (including phenoxy) is 1. The molecule has 2 N–H and O–H groups in total. The Morgan fingerprint density at radius 3 is 2.75 bits per heavy atom. The molecule has 3 aliphatic rings. The van der Waals surface area contributed by atoms with E-state index < -0.39 is 0 Å². The van der Waals surface area contributed by atoms with Crippen molar-refractivity contribution in [3.63, 3.8) is 0 Å². The summed E-state index contributed by atoms with van der Waals surface area (Å²) >= 11 is 0. The molecule has 0 bridgehead atoms. The zero-order chi connectivity index (χ0) is 20.9. The molecule has 0 spiro atoms. The first kappa shape index (κ1) is 25.1. The minimum atomic E-state index is 0. The molecule has 3 aromatic rings. The maximum atomic E-state index is 5.22. The van der Waals surface area contributed by atoms with Crippen molar-refractivity contribution in [1.82, 2.24) is 20.2 Å². The molecule has 1 aliphatic heterocycles. The smallest absolute Gasteiger partial charge is 0.381 e. The Bertz CT molecular complexity index is 1050. The number of aromatic nitrogens is 4. The van der Waals surface area contributed by atoms with Gasteiger partial charge in [0.25, 0.3) is 0 Å². The maximum absolute atomic E-state index is 5.22. The first-order valence-electron chi connectivity index (χ1n) is 11.3. The van der Waals surface area contributed by atoms with E-state index in [4.69, 9.17) is 9.72 Å². The third kappa shape index (κ3) is 4.86. The molecule has 0 amide bonds. The van der Waals surface area contributed by atoms with Gasteiger partial charge in [0.2, 0.25) is 0 Å². The van der Waals surface area contributed by atoms with Crippen LogP contribution in [0, 0.1) is 50.5 Å². The molecule has 2 aliphatic carbocycles. The Hall–Kier alpha value is -1.54. The molecule has 1 saturated heterocycles. The topological polar surface area (TPSA) is 66.6 Å². The monoisotopic (exact) mass is 426 g/mol. The standard InChI is InChI=1S/C17H17N4.C8H15O.CH3.Li/c1-9-3-4-12-13(5-9)19-16(18-12)15-11-6-10-7-17(10,2)8-14(11)20-21-15;1-7(2)8-3-5-9-6-4-8;;/h4-5,10H,6-8H2,1-2H3,(H,18,19)(H,20,21);7-8H,1,3-6H2,2H3;1H3;/q3*-1;+1/t10-,17-;;;/m1.../s1. The first-order chi connectivity index (χ1) is 14.4. The summed E-state index contributed by atoms with van der Waals surface area (Å²) in [4.78, 5) is 8.10. The fraction of sp³-hybridized carbons (Fsp3) is 0.538. The second-order valence-corrected chi connectivity index (χ2v) is 9.89. The molecular weight excluding hydrogens is 391 g/mol. The van der Waals surface area contributed by atoms with Gasteiger partial charge in [0.1, 0.15) is 11.5 Å². The second kappa shape index (κ2) is 9.75. The molecule has 1 aromatic carbocycles. The summed E-state index contributed by atoms with van der Waals surface area (Å²) in [6, 6.07) is 7.24. The Balaban J connectivity index is 0.000000226. The first-order valence-corrected chi connectivity index (χ1v) is 11.3. The number of H-pyrrole nitrogens is 2. The molecule has 2 aromatic heterocycles. The van der Waals surface area contributed by atoms with Crippen molar-refractivity contribution in [3.05, 3.63) is 49.4 Å². The summed E-state index contributed by atoms with van der Waals surface area (Å²) in [7, 11) is 0. The average Bonchev–Trinajstić information content (AvgIpc) is 3.03. The van der Waals surface area contributed by atoms with Gasteiger partial charge in [-0.1, -0.05) is 26.7 Å². The van der Waals surface area contributed by atoms with Crippen LogP contribution in [0.1, 0.15) is 49.9 Å². The van der Waals surface area contributed by atoms with Crippen LogP contribution in [-0.2, 0) is 17.6 Å². The van der Waals surface area contributed by atoms with Gasteiger partial charge in [0.15, 0.2) is 0 Å². The van der Waals surface area contributed by atoms with Crippen LogP contribution in [0.5, 0.6) is 0 Å². The molecule has 5 nitrogen and oxygen atoms in total. The van der Waals surface area contributed by atoms with Crippen LogP contribution in [0.25, 0.3) is 22.6 Å². The molecular formula is C26H35LiN4O-2. The van der Waals surface area contributed by atoms with E-state index in [1.165, 1.54) is 30.5 Å². The molecule has 6 rings (SSSR count). The van der Waals surface area contributed by atoms with Gasteiger partial charge in [-0.05, 0) is 54.5 Å². The van der Waals surface area contributed by atoms with Gasteiger partial charge in [-0.15, -0.1) is 12.1 Å². The largest absolute Gasteiger partial charge is 1.00 e. The minimum absolute atomic E-state index is 0. The normalized spacial score (nSPS) is 24.8. The van der Waals surface area contributed by atoms with Crippen LogP contribution >= 0.6 is 0 Å². The number of aryl methyl sites for hydroxylation is 1. The fourth-order valence-corrected chi connectivity index (χ4v) is 5.11. The molecule has 3 atom stereocenters. The van der Waals surface area contributed by atoms with Gasteiger partial charge in [-0.2, -0.15) is 22.6 Å². The third-order valence-corrected chi connectivity index (χ3v) is 7.38. The van der Waals surface area contributed by atoms with E-state index in [-0.39, 0.29) is 26.3 Å². The summed E-state index contributed by atoms with van der Waals surface area (Å²) in [6.45, 7) is 12.5. The van der Waals surface area contributed by atoms with E-state index in [1.807, 2.05) is 13.0 Å². The van der Waals surface area contributed by atoms with E-state index >= 15 is 0 Å². The van der Waals surface area contributed by atoms with Gasteiger partial charge in [0, 0.05) is 24.5 Å². The summed E-state index contributed by atoms with van der Waals surface area (Å²) in [5.74, 6) is 3.14. The molecule has 0 radical (unpaired) electrons. The van der Waals surface area contributed by atoms with E-state index in [1.54, 1.807) is 0 Å². The Labute approximate surface area is 204 Å². The molecule has 1 unspecified atom stereocenters. The molecule has 6 heteroatoms. The van der Waals surface area contributed by atoms with Crippen molar-refractivity contribution >= 4 is 11.0 Å². The van der Waals surface area contributed by atoms with Crippen LogP contribution in [0.2, 0.25) is 0 Å². The fourth-order valence-electron chi connectivity index (χ4n) is 5.11. The van der Waals surface area contributed by atoms with Crippen molar-refractivity contribution in [3.8, 4) is 11.5 Å².